The van der Waals surface area contributed by atoms with Crippen molar-refractivity contribution in [2.75, 3.05) is 39.8 Å². The van der Waals surface area contributed by atoms with Gasteiger partial charge in [-0.2, -0.15) is 0 Å². The van der Waals surface area contributed by atoms with Crippen LogP contribution < -0.4 is 4.74 Å². The largest absolute Gasteiger partial charge is 0.479 e. The Balaban J connectivity index is 1.32. The van der Waals surface area contributed by atoms with E-state index in [0.717, 1.165) is 60.6 Å². The molecular weight excluding hydrogens is 414 g/mol. The van der Waals surface area contributed by atoms with Crippen LogP contribution in [0.1, 0.15) is 28.8 Å². The molecule has 0 saturated carbocycles. The number of piperazine rings is 1. The number of rotatable bonds is 7. The highest BCUT2D eigenvalue weighted by atomic mass is 16.5. The number of ether oxygens (including phenoxy) is 1. The molecule has 0 N–H and O–H groups in total. The number of nitrogens with zero attached hydrogens (tertiary/aromatic N) is 5. The zero-order valence-corrected chi connectivity index (χ0v) is 20.0. The zero-order valence-electron chi connectivity index (χ0n) is 20.0. The van der Waals surface area contributed by atoms with Gasteiger partial charge in [-0.15, -0.1) is 5.10 Å². The number of amides is 1. The van der Waals surface area contributed by atoms with E-state index in [4.69, 9.17) is 9.72 Å². The number of fused-ring (bicyclic) bond motifs is 1. The third-order valence-electron chi connectivity index (χ3n) is 6.50. The van der Waals surface area contributed by atoms with Crippen molar-refractivity contribution in [3.63, 3.8) is 0 Å². The van der Waals surface area contributed by atoms with Crippen LogP contribution in [0.3, 0.4) is 0 Å². The van der Waals surface area contributed by atoms with Gasteiger partial charge in [0.1, 0.15) is 0 Å². The second-order valence-corrected chi connectivity index (χ2v) is 8.63. The summed E-state index contributed by atoms with van der Waals surface area (Å²) in [5.41, 5.74) is 5.20. The fourth-order valence-corrected chi connectivity index (χ4v) is 4.58. The maximum absolute atomic E-state index is 12.9. The first-order valence-corrected chi connectivity index (χ1v) is 11.6. The van der Waals surface area contributed by atoms with Gasteiger partial charge in [0.15, 0.2) is 5.65 Å². The van der Waals surface area contributed by atoms with Crippen molar-refractivity contribution < 1.29 is 9.53 Å². The van der Waals surface area contributed by atoms with Crippen molar-refractivity contribution in [2.45, 2.75) is 26.7 Å². The molecule has 1 fully saturated rings. The molecule has 0 spiro atoms. The number of methoxy groups -OCH3 is 1. The number of hydrogen-bond acceptors (Lipinski definition) is 5. The van der Waals surface area contributed by atoms with Gasteiger partial charge >= 0.3 is 0 Å². The molecule has 1 aliphatic heterocycles. The van der Waals surface area contributed by atoms with E-state index >= 15 is 0 Å². The summed E-state index contributed by atoms with van der Waals surface area (Å²) < 4.78 is 7.20. The maximum Gasteiger partial charge on any atom is 0.242 e. The Morgan fingerprint density at radius 3 is 2.55 bits per heavy atom. The Morgan fingerprint density at radius 2 is 1.85 bits per heavy atom. The second-order valence-electron chi connectivity index (χ2n) is 8.63. The third-order valence-corrected chi connectivity index (χ3v) is 6.50. The molecular formula is C26H33N5O2. The van der Waals surface area contributed by atoms with Crippen LogP contribution in [-0.4, -0.2) is 70.3 Å². The average molecular weight is 448 g/mol. The molecule has 1 aromatic carbocycles. The Kier molecular flexibility index (Phi) is 7.08. The lowest BCUT2D eigenvalue weighted by atomic mass is 10.00. The Labute approximate surface area is 195 Å². The van der Waals surface area contributed by atoms with Gasteiger partial charge in [-0.1, -0.05) is 42.5 Å². The predicted octanol–water partition coefficient (Wildman–Crippen LogP) is 3.38. The molecule has 3 aromatic rings. The first kappa shape index (κ1) is 23.0. The minimum absolute atomic E-state index is 0.214. The molecule has 0 atom stereocenters. The number of benzene rings is 1. The number of hydrogen-bond donors (Lipinski definition) is 0. The van der Waals surface area contributed by atoms with Gasteiger partial charge < -0.3 is 9.64 Å². The summed E-state index contributed by atoms with van der Waals surface area (Å²) in [7, 11) is 3.50. The van der Waals surface area contributed by atoms with Gasteiger partial charge in [0, 0.05) is 51.9 Å². The van der Waals surface area contributed by atoms with Crippen LogP contribution >= 0.6 is 0 Å². The van der Waals surface area contributed by atoms with Gasteiger partial charge in [0.25, 0.3) is 0 Å². The van der Waals surface area contributed by atoms with E-state index < -0.39 is 0 Å². The van der Waals surface area contributed by atoms with E-state index in [1.54, 1.807) is 11.8 Å². The van der Waals surface area contributed by atoms with E-state index in [0.29, 0.717) is 18.7 Å². The standard InChI is InChI=1S/C26H33N5O2/c1-19-22(20(2)27-25-24(19)26(33-4)28-29(25)3)12-13-23(32)31-17-15-30(16-18-31)14-8-11-21-9-6-5-7-10-21/h5-11H,12-18H2,1-4H3/b11-8+. The minimum Gasteiger partial charge on any atom is -0.479 e. The predicted molar refractivity (Wildman–Crippen MR) is 131 cm³/mol. The van der Waals surface area contributed by atoms with Crippen molar-refractivity contribution in [1.82, 2.24) is 24.6 Å². The molecule has 0 unspecified atom stereocenters. The van der Waals surface area contributed by atoms with Crippen molar-refractivity contribution in [1.29, 1.82) is 0 Å². The molecule has 1 amide bonds. The number of carbonyl (C=O) groups is 1. The molecule has 33 heavy (non-hydrogen) atoms. The first-order chi connectivity index (χ1) is 16.0. The molecule has 3 heterocycles. The van der Waals surface area contributed by atoms with Crippen molar-refractivity contribution >= 4 is 23.0 Å². The monoisotopic (exact) mass is 447 g/mol. The first-order valence-electron chi connectivity index (χ1n) is 11.6. The minimum atomic E-state index is 0.214. The normalized spacial score (nSPS) is 15.0. The molecule has 0 radical (unpaired) electrons. The Bertz CT molecular complexity index is 1140. The summed E-state index contributed by atoms with van der Waals surface area (Å²) in [5, 5.41) is 5.35. The number of aryl methyl sites for hydroxylation is 3. The zero-order chi connectivity index (χ0) is 23.4. The van der Waals surface area contributed by atoms with E-state index in [1.807, 2.05) is 24.9 Å². The number of carbonyl (C=O) groups excluding carboxylic acids is 1. The van der Waals surface area contributed by atoms with Crippen LogP contribution in [0.2, 0.25) is 0 Å². The summed E-state index contributed by atoms with van der Waals surface area (Å²) in [6.45, 7) is 8.37. The van der Waals surface area contributed by atoms with Crippen molar-refractivity contribution in [3.8, 4) is 5.88 Å². The molecule has 4 rings (SSSR count). The molecule has 2 aromatic heterocycles. The molecule has 1 saturated heterocycles. The Hall–Kier alpha value is -3.19. The number of aromatic nitrogens is 3. The van der Waals surface area contributed by atoms with Gasteiger partial charge in [0.2, 0.25) is 11.8 Å². The quantitative estimate of drug-likeness (QED) is 0.556. The van der Waals surface area contributed by atoms with Crippen LogP contribution in [0.5, 0.6) is 5.88 Å². The summed E-state index contributed by atoms with van der Waals surface area (Å²) in [6.07, 6.45) is 5.53. The lowest BCUT2D eigenvalue weighted by Crippen LogP contribution is -2.48. The fraction of sp³-hybridized carbons (Fsp3) is 0.423. The highest BCUT2D eigenvalue weighted by Crippen LogP contribution is 2.30. The average Bonchev–Trinajstić information content (AvgIpc) is 3.15. The van der Waals surface area contributed by atoms with Gasteiger partial charge in [-0.05, 0) is 37.0 Å². The lowest BCUT2D eigenvalue weighted by molar-refractivity contribution is -0.132. The summed E-state index contributed by atoms with van der Waals surface area (Å²) in [4.78, 5) is 22.1. The maximum atomic E-state index is 12.9. The van der Waals surface area contributed by atoms with Crippen molar-refractivity contribution in [2.24, 2.45) is 7.05 Å². The van der Waals surface area contributed by atoms with E-state index in [-0.39, 0.29) is 5.91 Å². The topological polar surface area (TPSA) is 63.5 Å². The van der Waals surface area contributed by atoms with E-state index in [9.17, 15) is 4.79 Å². The molecule has 0 bridgehead atoms. The van der Waals surface area contributed by atoms with Crippen LogP contribution in [0, 0.1) is 13.8 Å². The summed E-state index contributed by atoms with van der Waals surface area (Å²) in [6, 6.07) is 10.3. The van der Waals surface area contributed by atoms with Crippen LogP contribution in [-0.2, 0) is 18.3 Å². The molecule has 174 valence electrons. The van der Waals surface area contributed by atoms with Gasteiger partial charge in [-0.25, -0.2) is 9.67 Å². The number of pyridine rings is 1. The summed E-state index contributed by atoms with van der Waals surface area (Å²) >= 11 is 0. The summed E-state index contributed by atoms with van der Waals surface area (Å²) in [5.74, 6) is 0.800. The van der Waals surface area contributed by atoms with Crippen LogP contribution in [0.15, 0.2) is 36.4 Å². The molecule has 7 nitrogen and oxygen atoms in total. The molecule has 7 heteroatoms. The SMILES string of the molecule is COc1nn(C)c2nc(C)c(CCC(=O)N3CCN(C/C=C/c4ccccc4)CC3)c(C)c12. The second kappa shape index (κ2) is 10.2. The van der Waals surface area contributed by atoms with Crippen LogP contribution in [0.25, 0.3) is 17.1 Å². The van der Waals surface area contributed by atoms with Crippen molar-refractivity contribution in [3.05, 3.63) is 58.8 Å². The van der Waals surface area contributed by atoms with E-state index in [2.05, 4.69) is 53.3 Å². The third kappa shape index (κ3) is 5.09. The highest BCUT2D eigenvalue weighted by molar-refractivity contribution is 5.86. The molecule has 0 aliphatic carbocycles. The lowest BCUT2D eigenvalue weighted by Gasteiger charge is -2.34. The van der Waals surface area contributed by atoms with Gasteiger partial charge in [0.05, 0.1) is 12.5 Å². The Morgan fingerprint density at radius 1 is 1.12 bits per heavy atom. The smallest absolute Gasteiger partial charge is 0.242 e. The van der Waals surface area contributed by atoms with E-state index in [1.165, 1.54) is 5.56 Å². The fourth-order valence-electron chi connectivity index (χ4n) is 4.58. The van der Waals surface area contributed by atoms with Gasteiger partial charge in [-0.3, -0.25) is 9.69 Å². The highest BCUT2D eigenvalue weighted by Gasteiger charge is 2.22. The van der Waals surface area contributed by atoms with Crippen LogP contribution in [0.4, 0.5) is 0 Å². The molecule has 1 aliphatic rings.